The molecule has 5 nitrogen and oxygen atoms in total. The van der Waals surface area contributed by atoms with Crippen molar-refractivity contribution in [2.45, 2.75) is 26.9 Å². The lowest BCUT2D eigenvalue weighted by Gasteiger charge is -2.25. The van der Waals surface area contributed by atoms with Gasteiger partial charge in [0.05, 0.1) is 12.6 Å². The second kappa shape index (κ2) is 7.09. The first-order valence-electron chi connectivity index (χ1n) is 8.67. The van der Waals surface area contributed by atoms with Crippen LogP contribution < -0.4 is 9.64 Å². The molecule has 0 bridgehead atoms. The highest BCUT2D eigenvalue weighted by atomic mass is 19.4. The summed E-state index contributed by atoms with van der Waals surface area (Å²) in [5.74, 6) is -0.518. The van der Waals surface area contributed by atoms with E-state index in [0.717, 1.165) is 16.5 Å². The minimum absolute atomic E-state index is 0.141. The maximum Gasteiger partial charge on any atom is 0.425 e. The molecule has 0 unspecified atom stereocenters. The SMILES string of the molecule is CCN(CC)c1nc(-n2ccc3c(C)cccc32)nc(OC)c1C(F)(F)F. The Hall–Kier alpha value is -2.77. The minimum Gasteiger partial charge on any atom is -0.480 e. The molecule has 0 aliphatic heterocycles. The van der Waals surface area contributed by atoms with E-state index in [1.807, 2.05) is 31.2 Å². The van der Waals surface area contributed by atoms with Crippen molar-refractivity contribution in [3.8, 4) is 11.8 Å². The minimum atomic E-state index is -4.63. The second-order valence-electron chi connectivity index (χ2n) is 6.09. The molecule has 1 aromatic carbocycles. The number of rotatable bonds is 5. The summed E-state index contributed by atoms with van der Waals surface area (Å²) >= 11 is 0. The van der Waals surface area contributed by atoms with E-state index < -0.39 is 17.6 Å². The molecule has 27 heavy (non-hydrogen) atoms. The zero-order valence-corrected chi connectivity index (χ0v) is 15.6. The van der Waals surface area contributed by atoms with Crippen molar-refractivity contribution in [1.82, 2.24) is 14.5 Å². The average Bonchev–Trinajstić information content (AvgIpc) is 3.06. The molecule has 0 amide bonds. The highest BCUT2D eigenvalue weighted by molar-refractivity contribution is 5.84. The van der Waals surface area contributed by atoms with Gasteiger partial charge in [0.15, 0.2) is 11.4 Å². The first kappa shape index (κ1) is 19.0. The number of hydrogen-bond acceptors (Lipinski definition) is 4. The Morgan fingerprint density at radius 2 is 1.81 bits per heavy atom. The van der Waals surface area contributed by atoms with Crippen molar-refractivity contribution in [2.75, 3.05) is 25.1 Å². The number of ether oxygens (including phenoxy) is 1. The average molecular weight is 378 g/mol. The third-order valence-electron chi connectivity index (χ3n) is 4.55. The predicted octanol–water partition coefficient (Wildman–Crippen LogP) is 4.60. The molecule has 2 aromatic heterocycles. The third-order valence-corrected chi connectivity index (χ3v) is 4.55. The van der Waals surface area contributed by atoms with Crippen LogP contribution in [-0.4, -0.2) is 34.7 Å². The van der Waals surface area contributed by atoms with E-state index in [4.69, 9.17) is 4.74 Å². The number of methoxy groups -OCH3 is 1. The van der Waals surface area contributed by atoms with Crippen LogP contribution in [0.4, 0.5) is 19.0 Å². The highest BCUT2D eigenvalue weighted by Crippen LogP contribution is 2.41. The molecule has 0 saturated carbocycles. The summed E-state index contributed by atoms with van der Waals surface area (Å²) < 4.78 is 47.8. The van der Waals surface area contributed by atoms with Crippen LogP contribution in [0.3, 0.4) is 0 Å². The van der Waals surface area contributed by atoms with Crippen molar-refractivity contribution < 1.29 is 17.9 Å². The Morgan fingerprint density at radius 3 is 2.41 bits per heavy atom. The van der Waals surface area contributed by atoms with Crippen LogP contribution in [0.1, 0.15) is 25.0 Å². The molecule has 8 heteroatoms. The van der Waals surface area contributed by atoms with E-state index in [0.29, 0.717) is 13.1 Å². The monoisotopic (exact) mass is 378 g/mol. The van der Waals surface area contributed by atoms with Gasteiger partial charge < -0.3 is 9.64 Å². The summed E-state index contributed by atoms with van der Waals surface area (Å²) in [7, 11) is 1.19. The maximum atomic E-state index is 13.7. The maximum absolute atomic E-state index is 13.7. The summed E-state index contributed by atoms with van der Waals surface area (Å²) in [5, 5.41) is 0.990. The number of aryl methyl sites for hydroxylation is 1. The van der Waals surface area contributed by atoms with Crippen LogP contribution in [0.2, 0.25) is 0 Å². The van der Waals surface area contributed by atoms with Crippen LogP contribution >= 0.6 is 0 Å². The van der Waals surface area contributed by atoms with Crippen LogP contribution in [0.15, 0.2) is 30.5 Å². The van der Waals surface area contributed by atoms with Gasteiger partial charge in [0.1, 0.15) is 0 Å². The lowest BCUT2D eigenvalue weighted by Crippen LogP contribution is -2.28. The van der Waals surface area contributed by atoms with Crippen LogP contribution in [0.25, 0.3) is 16.9 Å². The fourth-order valence-corrected chi connectivity index (χ4v) is 3.17. The normalized spacial score (nSPS) is 11.8. The summed E-state index contributed by atoms with van der Waals surface area (Å²) in [5.41, 5.74) is 0.932. The summed E-state index contributed by atoms with van der Waals surface area (Å²) in [6.07, 6.45) is -2.87. The number of anilines is 1. The first-order chi connectivity index (χ1) is 12.8. The van der Waals surface area contributed by atoms with Crippen molar-refractivity contribution in [3.63, 3.8) is 0 Å². The van der Waals surface area contributed by atoms with Crippen LogP contribution in [0.5, 0.6) is 5.88 Å². The molecule has 0 aliphatic rings. The van der Waals surface area contributed by atoms with E-state index in [1.165, 1.54) is 7.11 Å². The Morgan fingerprint density at radius 1 is 1.11 bits per heavy atom. The van der Waals surface area contributed by atoms with Gasteiger partial charge in [-0.3, -0.25) is 4.57 Å². The molecule has 0 radical (unpaired) electrons. The van der Waals surface area contributed by atoms with E-state index in [2.05, 4.69) is 9.97 Å². The van der Waals surface area contributed by atoms with E-state index in [-0.39, 0.29) is 11.8 Å². The molecule has 0 fully saturated rings. The van der Waals surface area contributed by atoms with Gasteiger partial charge in [-0.15, -0.1) is 0 Å². The van der Waals surface area contributed by atoms with Crippen molar-refractivity contribution in [2.24, 2.45) is 0 Å². The topological polar surface area (TPSA) is 43.2 Å². The Labute approximate surface area is 155 Å². The fourth-order valence-electron chi connectivity index (χ4n) is 3.17. The van der Waals surface area contributed by atoms with Crippen LogP contribution in [-0.2, 0) is 6.18 Å². The molecule has 0 spiro atoms. The molecular weight excluding hydrogens is 357 g/mol. The van der Waals surface area contributed by atoms with Gasteiger partial charge in [-0.1, -0.05) is 12.1 Å². The number of halogens is 3. The van der Waals surface area contributed by atoms with Gasteiger partial charge in [-0.05, 0) is 38.5 Å². The molecule has 144 valence electrons. The van der Waals surface area contributed by atoms with Gasteiger partial charge in [0.2, 0.25) is 11.8 Å². The number of fused-ring (bicyclic) bond motifs is 1. The number of hydrogen-bond donors (Lipinski definition) is 0. The van der Waals surface area contributed by atoms with Crippen LogP contribution in [0, 0.1) is 6.92 Å². The lowest BCUT2D eigenvalue weighted by atomic mass is 10.1. The fraction of sp³-hybridized carbons (Fsp3) is 0.368. The molecule has 0 N–H and O–H groups in total. The molecule has 3 rings (SSSR count). The molecular formula is C19H21F3N4O. The van der Waals surface area contributed by atoms with Gasteiger partial charge in [-0.25, -0.2) is 0 Å². The lowest BCUT2D eigenvalue weighted by molar-refractivity contribution is -0.138. The zero-order valence-electron chi connectivity index (χ0n) is 15.6. The van der Waals surface area contributed by atoms with Gasteiger partial charge >= 0.3 is 6.18 Å². The number of benzene rings is 1. The van der Waals surface area contributed by atoms with E-state index >= 15 is 0 Å². The molecule has 3 aromatic rings. The molecule has 0 saturated heterocycles. The van der Waals surface area contributed by atoms with Crippen molar-refractivity contribution in [3.05, 3.63) is 41.6 Å². The van der Waals surface area contributed by atoms with E-state index in [1.54, 1.807) is 29.5 Å². The van der Waals surface area contributed by atoms with Crippen molar-refractivity contribution >= 4 is 16.7 Å². The zero-order chi connectivity index (χ0) is 19.8. The van der Waals surface area contributed by atoms with Gasteiger partial charge in [-0.2, -0.15) is 23.1 Å². The Bertz CT molecular complexity index is 961. The number of alkyl halides is 3. The molecule has 2 heterocycles. The Balaban J connectivity index is 2.31. The van der Waals surface area contributed by atoms with Gasteiger partial charge in [0.25, 0.3) is 0 Å². The quantitative estimate of drug-likeness (QED) is 0.651. The Kier molecular flexibility index (Phi) is 4.99. The number of nitrogens with zero attached hydrogens (tertiary/aromatic N) is 4. The van der Waals surface area contributed by atoms with Gasteiger partial charge in [0, 0.05) is 24.7 Å². The second-order valence-corrected chi connectivity index (χ2v) is 6.09. The smallest absolute Gasteiger partial charge is 0.425 e. The molecule has 0 atom stereocenters. The number of aromatic nitrogens is 3. The van der Waals surface area contributed by atoms with Crippen molar-refractivity contribution in [1.29, 1.82) is 0 Å². The predicted molar refractivity (Wildman–Crippen MR) is 98.7 cm³/mol. The third kappa shape index (κ3) is 3.31. The summed E-state index contributed by atoms with van der Waals surface area (Å²) in [6, 6.07) is 7.64. The largest absolute Gasteiger partial charge is 0.480 e. The standard InChI is InChI=1S/C19H21F3N4O/c1-5-25(6-2)16-15(19(20,21)22)17(27-4)24-18(23-16)26-11-10-13-12(3)8-7-9-14(13)26/h7-11H,5-6H2,1-4H3. The summed E-state index contributed by atoms with van der Waals surface area (Å²) in [6.45, 7) is 6.30. The summed E-state index contributed by atoms with van der Waals surface area (Å²) in [4.78, 5) is 9.91. The molecule has 0 aliphatic carbocycles. The van der Waals surface area contributed by atoms with E-state index in [9.17, 15) is 13.2 Å². The highest BCUT2D eigenvalue weighted by Gasteiger charge is 2.41. The first-order valence-corrected chi connectivity index (χ1v) is 8.67.